The van der Waals surface area contributed by atoms with Gasteiger partial charge in [-0.3, -0.25) is 0 Å². The number of likely N-dealkylation sites (tertiary alicyclic amines) is 1. The van der Waals surface area contributed by atoms with Crippen molar-refractivity contribution in [3.63, 3.8) is 0 Å². The fourth-order valence-corrected chi connectivity index (χ4v) is 5.66. The van der Waals surface area contributed by atoms with Crippen LogP contribution in [0.25, 0.3) is 0 Å². The van der Waals surface area contributed by atoms with E-state index in [9.17, 15) is 0 Å². The molecule has 23 heavy (non-hydrogen) atoms. The van der Waals surface area contributed by atoms with Gasteiger partial charge in [0, 0.05) is 17.0 Å². The van der Waals surface area contributed by atoms with Gasteiger partial charge in [0.15, 0.2) is 17.6 Å². The second kappa shape index (κ2) is 4.44. The Morgan fingerprint density at radius 1 is 1.26 bits per heavy atom. The molecule has 0 aromatic heterocycles. The van der Waals surface area contributed by atoms with Gasteiger partial charge in [-0.05, 0) is 56.5 Å². The van der Waals surface area contributed by atoms with E-state index in [0.717, 1.165) is 43.1 Å². The Hall–Kier alpha value is -1.68. The maximum atomic E-state index is 6.50. The number of allylic oxidation sites excluding steroid dienone is 1. The highest BCUT2D eigenvalue weighted by Crippen LogP contribution is 2.63. The van der Waals surface area contributed by atoms with Crippen molar-refractivity contribution in [1.82, 2.24) is 4.90 Å². The predicted octanol–water partition coefficient (Wildman–Crippen LogP) is 2.50. The molecule has 0 radical (unpaired) electrons. The van der Waals surface area contributed by atoms with Crippen molar-refractivity contribution in [3.8, 4) is 11.5 Å². The van der Waals surface area contributed by atoms with Crippen molar-refractivity contribution < 1.29 is 14.2 Å². The molecule has 0 N–H and O–H groups in total. The largest absolute Gasteiger partial charge is 0.497 e. The zero-order valence-corrected chi connectivity index (χ0v) is 14.0. The van der Waals surface area contributed by atoms with Crippen molar-refractivity contribution in [2.24, 2.45) is 5.92 Å². The summed E-state index contributed by atoms with van der Waals surface area (Å²) in [6, 6.07) is 4.91. The summed E-state index contributed by atoms with van der Waals surface area (Å²) in [4.78, 5) is 2.55. The highest BCUT2D eigenvalue weighted by atomic mass is 16.6. The van der Waals surface area contributed by atoms with Gasteiger partial charge in [0.05, 0.1) is 14.2 Å². The molecule has 1 saturated heterocycles. The maximum Gasteiger partial charge on any atom is 0.166 e. The minimum absolute atomic E-state index is 0.00722. The van der Waals surface area contributed by atoms with Crippen molar-refractivity contribution in [3.05, 3.63) is 35.1 Å². The third-order valence-corrected chi connectivity index (χ3v) is 6.66. The summed E-state index contributed by atoms with van der Waals surface area (Å²) in [5.41, 5.74) is 2.92. The van der Waals surface area contributed by atoms with Crippen LogP contribution in [-0.2, 0) is 16.6 Å². The van der Waals surface area contributed by atoms with Gasteiger partial charge in [-0.2, -0.15) is 0 Å². The van der Waals surface area contributed by atoms with Crippen LogP contribution in [0.5, 0.6) is 11.5 Å². The first-order valence-corrected chi connectivity index (χ1v) is 8.52. The van der Waals surface area contributed by atoms with E-state index in [1.54, 1.807) is 14.2 Å². The molecule has 4 atom stereocenters. The topological polar surface area (TPSA) is 30.9 Å². The van der Waals surface area contributed by atoms with E-state index >= 15 is 0 Å². The lowest BCUT2D eigenvalue weighted by atomic mass is 9.53. The summed E-state index contributed by atoms with van der Waals surface area (Å²) in [5.74, 6) is 3.42. The van der Waals surface area contributed by atoms with Gasteiger partial charge in [0.2, 0.25) is 0 Å². The molecule has 2 bridgehead atoms. The Kier molecular flexibility index (Phi) is 2.65. The SMILES string of the molecule is COC1=CCC2[C@@H]3Cc4ccc(OC)c5c4[C@@]2(CCN3C)[C@H]1O5. The quantitative estimate of drug-likeness (QED) is 0.839. The standard InChI is InChI=1S/C19H23NO3/c1-20-9-8-19-12-5-7-15(22-3)18(19)23-17-14(21-2)6-4-11(16(17)19)10-13(12)20/h4,6-7,12-13,18H,5,8-10H2,1-3H3/t12?,13-,18-,19-/m0/s1. The van der Waals surface area contributed by atoms with Crippen LogP contribution in [0.4, 0.5) is 0 Å². The highest BCUT2D eigenvalue weighted by Gasteiger charge is 2.64. The average Bonchev–Trinajstić information content (AvgIpc) is 2.92. The first kappa shape index (κ1) is 13.7. The summed E-state index contributed by atoms with van der Waals surface area (Å²) in [6.45, 7) is 1.12. The van der Waals surface area contributed by atoms with Gasteiger partial charge in [-0.1, -0.05) is 6.07 Å². The van der Waals surface area contributed by atoms with Crippen molar-refractivity contribution in [2.75, 3.05) is 27.8 Å². The molecule has 1 fully saturated rings. The Morgan fingerprint density at radius 2 is 2.13 bits per heavy atom. The predicted molar refractivity (Wildman–Crippen MR) is 87.0 cm³/mol. The molecule has 4 aliphatic rings. The minimum atomic E-state index is 0.00722. The van der Waals surface area contributed by atoms with Gasteiger partial charge >= 0.3 is 0 Å². The zero-order chi connectivity index (χ0) is 15.8. The number of hydrogen-bond donors (Lipinski definition) is 0. The van der Waals surface area contributed by atoms with Gasteiger partial charge in [0.1, 0.15) is 5.76 Å². The van der Waals surface area contributed by atoms with Crippen LogP contribution >= 0.6 is 0 Å². The lowest BCUT2D eigenvalue weighted by Gasteiger charge is -2.56. The van der Waals surface area contributed by atoms with E-state index in [2.05, 4.69) is 30.2 Å². The molecule has 1 spiro atoms. The van der Waals surface area contributed by atoms with Gasteiger partial charge in [-0.15, -0.1) is 0 Å². The number of nitrogens with zero attached hydrogens (tertiary/aromatic N) is 1. The van der Waals surface area contributed by atoms with Crippen LogP contribution < -0.4 is 9.47 Å². The zero-order valence-electron chi connectivity index (χ0n) is 14.0. The molecule has 0 amide bonds. The van der Waals surface area contributed by atoms with Crippen LogP contribution in [0.2, 0.25) is 0 Å². The average molecular weight is 313 g/mol. The molecule has 1 aromatic carbocycles. The van der Waals surface area contributed by atoms with E-state index < -0.39 is 0 Å². The number of rotatable bonds is 2. The minimum Gasteiger partial charge on any atom is -0.497 e. The molecule has 4 heteroatoms. The number of methoxy groups -OCH3 is 2. The van der Waals surface area contributed by atoms with Crippen molar-refractivity contribution >= 4 is 0 Å². The van der Waals surface area contributed by atoms with Crippen LogP contribution in [0.1, 0.15) is 24.0 Å². The highest BCUT2D eigenvalue weighted by molar-refractivity contribution is 5.62. The third kappa shape index (κ3) is 1.46. The summed E-state index contributed by atoms with van der Waals surface area (Å²) in [6.07, 6.45) is 5.58. The molecular weight excluding hydrogens is 290 g/mol. The van der Waals surface area contributed by atoms with E-state index in [1.807, 2.05) is 0 Å². The number of hydrogen-bond acceptors (Lipinski definition) is 4. The Bertz CT molecular complexity index is 713. The summed E-state index contributed by atoms with van der Waals surface area (Å²) >= 11 is 0. The molecule has 1 aromatic rings. The molecule has 4 nitrogen and oxygen atoms in total. The van der Waals surface area contributed by atoms with E-state index in [-0.39, 0.29) is 11.5 Å². The fourth-order valence-electron chi connectivity index (χ4n) is 5.66. The Morgan fingerprint density at radius 3 is 2.91 bits per heavy atom. The van der Waals surface area contributed by atoms with E-state index in [1.165, 1.54) is 11.1 Å². The van der Waals surface area contributed by atoms with Gasteiger partial charge < -0.3 is 19.1 Å². The van der Waals surface area contributed by atoms with E-state index in [4.69, 9.17) is 14.2 Å². The van der Waals surface area contributed by atoms with Gasteiger partial charge in [0.25, 0.3) is 0 Å². The first-order chi connectivity index (χ1) is 11.2. The van der Waals surface area contributed by atoms with Crippen LogP contribution in [0, 0.1) is 5.92 Å². The number of likely N-dealkylation sites (N-methyl/N-ethyl adjacent to an activating group) is 1. The number of benzene rings is 1. The second-order valence-electron chi connectivity index (χ2n) is 7.32. The monoisotopic (exact) mass is 313 g/mol. The molecule has 0 saturated carbocycles. The molecule has 1 unspecified atom stereocenters. The first-order valence-electron chi connectivity index (χ1n) is 8.52. The molecule has 2 aliphatic carbocycles. The molecule has 2 aliphatic heterocycles. The Balaban J connectivity index is 1.80. The maximum absolute atomic E-state index is 6.50. The molecule has 5 rings (SSSR count). The van der Waals surface area contributed by atoms with Gasteiger partial charge in [-0.25, -0.2) is 0 Å². The lowest BCUT2D eigenvalue weighted by molar-refractivity contribution is -0.0267. The summed E-state index contributed by atoms with van der Waals surface area (Å²) < 4.78 is 17.8. The normalized spacial score (nSPS) is 36.8. The second-order valence-corrected chi connectivity index (χ2v) is 7.32. The van der Waals surface area contributed by atoms with Crippen molar-refractivity contribution in [2.45, 2.75) is 36.8 Å². The lowest BCUT2D eigenvalue weighted by Crippen LogP contribution is -2.63. The van der Waals surface area contributed by atoms with Crippen molar-refractivity contribution in [1.29, 1.82) is 0 Å². The summed E-state index contributed by atoms with van der Waals surface area (Å²) in [5, 5.41) is 0. The molecule has 122 valence electrons. The van der Waals surface area contributed by atoms with Crippen LogP contribution in [-0.4, -0.2) is 44.9 Å². The van der Waals surface area contributed by atoms with Crippen LogP contribution in [0.15, 0.2) is 24.0 Å². The van der Waals surface area contributed by atoms with Crippen LogP contribution in [0.3, 0.4) is 0 Å². The Labute approximate surface area is 137 Å². The fraction of sp³-hybridized carbons (Fsp3) is 0.579. The summed E-state index contributed by atoms with van der Waals surface area (Å²) in [7, 11) is 5.77. The van der Waals surface area contributed by atoms with E-state index in [0.29, 0.717) is 12.0 Å². The molecule has 2 heterocycles. The third-order valence-electron chi connectivity index (χ3n) is 6.66. The molecular formula is C19H23NO3. The smallest absolute Gasteiger partial charge is 0.166 e. The number of piperidine rings is 1. The number of ether oxygens (including phenoxy) is 3.